The minimum absolute atomic E-state index is 0.0201. The van der Waals surface area contributed by atoms with Gasteiger partial charge in [-0.25, -0.2) is 0 Å². The number of aryl methyl sites for hydroxylation is 2. The summed E-state index contributed by atoms with van der Waals surface area (Å²) in [5.74, 6) is -0.917. The quantitative estimate of drug-likeness (QED) is 0.807. The molecule has 2 aromatic rings. The van der Waals surface area contributed by atoms with Crippen LogP contribution in [0.15, 0.2) is 42.5 Å². The Morgan fingerprint density at radius 1 is 0.885 bits per heavy atom. The van der Waals surface area contributed by atoms with Gasteiger partial charge in [0.2, 0.25) is 11.8 Å². The van der Waals surface area contributed by atoms with E-state index < -0.39 is 0 Å². The standard InChI is InChI=1S/C21H22N2O3/c1-12-4-5-13(2)19(10-12)23-21(26)18-11-17(18)20(25)22-16-8-6-15(7-9-16)14(3)24/h4-10,17-18H,11H2,1-3H3,(H,22,25)(H,23,26). The molecule has 0 aliphatic heterocycles. The van der Waals surface area contributed by atoms with Crippen LogP contribution < -0.4 is 10.6 Å². The molecule has 0 saturated heterocycles. The van der Waals surface area contributed by atoms with Gasteiger partial charge in [0.05, 0.1) is 11.8 Å². The van der Waals surface area contributed by atoms with Crippen molar-refractivity contribution in [2.45, 2.75) is 27.2 Å². The number of hydrogen-bond donors (Lipinski definition) is 2. The Labute approximate surface area is 152 Å². The van der Waals surface area contributed by atoms with Gasteiger partial charge in [-0.2, -0.15) is 0 Å². The van der Waals surface area contributed by atoms with Crippen LogP contribution in [-0.2, 0) is 9.59 Å². The Kier molecular flexibility index (Phi) is 4.89. The summed E-state index contributed by atoms with van der Waals surface area (Å²) in [5.41, 5.74) is 4.09. The van der Waals surface area contributed by atoms with Gasteiger partial charge in [-0.1, -0.05) is 12.1 Å². The van der Waals surface area contributed by atoms with Crippen molar-refractivity contribution < 1.29 is 14.4 Å². The molecule has 1 saturated carbocycles. The smallest absolute Gasteiger partial charge is 0.228 e. The lowest BCUT2D eigenvalue weighted by Gasteiger charge is -2.09. The lowest BCUT2D eigenvalue weighted by molar-refractivity contribution is -0.122. The zero-order valence-corrected chi connectivity index (χ0v) is 15.1. The van der Waals surface area contributed by atoms with Crippen LogP contribution in [0.4, 0.5) is 11.4 Å². The van der Waals surface area contributed by atoms with Crippen molar-refractivity contribution in [3.8, 4) is 0 Å². The molecule has 1 aliphatic carbocycles. The molecule has 2 N–H and O–H groups in total. The summed E-state index contributed by atoms with van der Waals surface area (Å²) in [4.78, 5) is 36.0. The molecule has 0 spiro atoms. The first-order valence-electron chi connectivity index (χ1n) is 8.65. The predicted molar refractivity (Wildman–Crippen MR) is 101 cm³/mol. The van der Waals surface area contributed by atoms with Gasteiger partial charge in [0, 0.05) is 16.9 Å². The maximum absolute atomic E-state index is 12.4. The first-order valence-corrected chi connectivity index (χ1v) is 8.65. The van der Waals surface area contributed by atoms with E-state index in [2.05, 4.69) is 10.6 Å². The second-order valence-electron chi connectivity index (χ2n) is 6.88. The fourth-order valence-corrected chi connectivity index (χ4v) is 2.89. The first kappa shape index (κ1) is 17.9. The second-order valence-corrected chi connectivity index (χ2v) is 6.88. The summed E-state index contributed by atoms with van der Waals surface area (Å²) >= 11 is 0. The first-order chi connectivity index (χ1) is 12.3. The van der Waals surface area contributed by atoms with Crippen LogP contribution in [0.3, 0.4) is 0 Å². The monoisotopic (exact) mass is 350 g/mol. The topological polar surface area (TPSA) is 75.3 Å². The summed E-state index contributed by atoms with van der Waals surface area (Å²) in [6.07, 6.45) is 0.550. The molecule has 2 aromatic carbocycles. The molecule has 5 nitrogen and oxygen atoms in total. The van der Waals surface area contributed by atoms with Crippen LogP contribution in [0.2, 0.25) is 0 Å². The zero-order chi connectivity index (χ0) is 18.8. The number of Topliss-reactive ketones (excluding diaryl/α,β-unsaturated/α-hetero) is 1. The van der Waals surface area contributed by atoms with Gasteiger partial charge in [-0.05, 0) is 68.7 Å². The largest absolute Gasteiger partial charge is 0.326 e. The van der Waals surface area contributed by atoms with E-state index in [9.17, 15) is 14.4 Å². The van der Waals surface area contributed by atoms with E-state index in [1.54, 1.807) is 24.3 Å². The minimum atomic E-state index is -0.312. The van der Waals surface area contributed by atoms with Crippen molar-refractivity contribution in [1.82, 2.24) is 0 Å². The molecule has 134 valence electrons. The minimum Gasteiger partial charge on any atom is -0.326 e. The predicted octanol–water partition coefficient (Wildman–Crippen LogP) is 3.72. The normalized spacial score (nSPS) is 18.1. The highest BCUT2D eigenvalue weighted by molar-refractivity contribution is 6.03. The van der Waals surface area contributed by atoms with Gasteiger partial charge in [0.15, 0.2) is 5.78 Å². The molecule has 0 aromatic heterocycles. The van der Waals surface area contributed by atoms with Crippen molar-refractivity contribution in [2.24, 2.45) is 11.8 Å². The summed E-state index contributed by atoms with van der Waals surface area (Å²) in [6.45, 7) is 5.41. The molecule has 26 heavy (non-hydrogen) atoms. The molecule has 1 aliphatic rings. The number of rotatable bonds is 5. The average Bonchev–Trinajstić information content (AvgIpc) is 3.39. The number of carbonyl (C=O) groups excluding carboxylic acids is 3. The lowest BCUT2D eigenvalue weighted by atomic mass is 10.1. The number of carbonyl (C=O) groups is 3. The third-order valence-corrected chi connectivity index (χ3v) is 4.67. The Morgan fingerprint density at radius 2 is 1.50 bits per heavy atom. The van der Waals surface area contributed by atoms with Crippen LogP contribution >= 0.6 is 0 Å². The van der Waals surface area contributed by atoms with Crippen molar-refractivity contribution in [1.29, 1.82) is 0 Å². The Morgan fingerprint density at radius 3 is 2.12 bits per heavy atom. The van der Waals surface area contributed by atoms with Crippen LogP contribution in [0, 0.1) is 25.7 Å². The van der Waals surface area contributed by atoms with E-state index >= 15 is 0 Å². The number of hydrogen-bond acceptors (Lipinski definition) is 3. The average molecular weight is 350 g/mol. The number of amides is 2. The molecule has 0 heterocycles. The van der Waals surface area contributed by atoms with Gasteiger partial charge in [-0.15, -0.1) is 0 Å². The highest BCUT2D eigenvalue weighted by atomic mass is 16.2. The van der Waals surface area contributed by atoms with E-state index in [0.717, 1.165) is 16.8 Å². The number of ketones is 1. The Balaban J connectivity index is 1.57. The molecule has 2 amide bonds. The fraction of sp³-hybridized carbons (Fsp3) is 0.286. The van der Waals surface area contributed by atoms with Gasteiger partial charge < -0.3 is 10.6 Å². The van der Waals surface area contributed by atoms with Gasteiger partial charge in [0.25, 0.3) is 0 Å². The number of anilines is 2. The Hall–Kier alpha value is -2.95. The van der Waals surface area contributed by atoms with Crippen molar-refractivity contribution in [3.63, 3.8) is 0 Å². The summed E-state index contributed by atoms with van der Waals surface area (Å²) in [6, 6.07) is 12.6. The summed E-state index contributed by atoms with van der Waals surface area (Å²) in [7, 11) is 0. The molecule has 5 heteroatoms. The van der Waals surface area contributed by atoms with Gasteiger partial charge in [-0.3, -0.25) is 14.4 Å². The molecule has 0 bridgehead atoms. The number of nitrogens with one attached hydrogen (secondary N) is 2. The van der Waals surface area contributed by atoms with E-state index in [4.69, 9.17) is 0 Å². The van der Waals surface area contributed by atoms with E-state index in [0.29, 0.717) is 17.7 Å². The lowest BCUT2D eigenvalue weighted by Crippen LogP contribution is -2.21. The van der Waals surface area contributed by atoms with Crippen LogP contribution in [0.5, 0.6) is 0 Å². The van der Waals surface area contributed by atoms with E-state index in [-0.39, 0.29) is 29.4 Å². The highest BCUT2D eigenvalue weighted by Crippen LogP contribution is 2.40. The molecule has 2 atom stereocenters. The molecule has 2 unspecified atom stereocenters. The maximum atomic E-state index is 12.4. The molecular weight excluding hydrogens is 328 g/mol. The van der Waals surface area contributed by atoms with Gasteiger partial charge >= 0.3 is 0 Å². The molecule has 3 rings (SSSR count). The van der Waals surface area contributed by atoms with Gasteiger partial charge in [0.1, 0.15) is 0 Å². The van der Waals surface area contributed by atoms with E-state index in [1.165, 1.54) is 6.92 Å². The SMILES string of the molecule is CC(=O)c1ccc(NC(=O)C2CC2C(=O)Nc2cc(C)ccc2C)cc1. The van der Waals surface area contributed by atoms with Crippen LogP contribution in [0.25, 0.3) is 0 Å². The molecule has 0 radical (unpaired) electrons. The fourth-order valence-electron chi connectivity index (χ4n) is 2.89. The highest BCUT2D eigenvalue weighted by Gasteiger charge is 2.48. The van der Waals surface area contributed by atoms with Crippen LogP contribution in [0.1, 0.15) is 34.8 Å². The maximum Gasteiger partial charge on any atom is 0.228 e. The van der Waals surface area contributed by atoms with E-state index in [1.807, 2.05) is 32.0 Å². The summed E-state index contributed by atoms with van der Waals surface area (Å²) < 4.78 is 0. The zero-order valence-electron chi connectivity index (χ0n) is 15.1. The van der Waals surface area contributed by atoms with Crippen LogP contribution in [-0.4, -0.2) is 17.6 Å². The number of benzene rings is 2. The van der Waals surface area contributed by atoms with Crippen molar-refractivity contribution in [2.75, 3.05) is 10.6 Å². The van der Waals surface area contributed by atoms with Crippen molar-refractivity contribution >= 4 is 29.0 Å². The molecule has 1 fully saturated rings. The second kappa shape index (κ2) is 7.12. The third-order valence-electron chi connectivity index (χ3n) is 4.67. The third kappa shape index (κ3) is 3.99. The van der Waals surface area contributed by atoms with Crippen molar-refractivity contribution in [3.05, 3.63) is 59.2 Å². The summed E-state index contributed by atoms with van der Waals surface area (Å²) in [5, 5.41) is 5.73. The Bertz CT molecular complexity index is 871. The molecular formula is C21H22N2O3.